The Labute approximate surface area is 253 Å². The van der Waals surface area contributed by atoms with Gasteiger partial charge in [0.15, 0.2) is 0 Å². The van der Waals surface area contributed by atoms with E-state index >= 15 is 0 Å². The first-order chi connectivity index (χ1) is 20.9. The molecule has 8 nitrogen and oxygen atoms in total. The number of nitrogens with one attached hydrogen (secondary N) is 1. The Hall–Kier alpha value is -4.59. The molecule has 4 rings (SSSR count). The lowest BCUT2D eigenvalue weighted by Crippen LogP contribution is -2.44. The molecule has 0 aliphatic carbocycles. The second-order valence-corrected chi connectivity index (χ2v) is 10.6. The minimum atomic E-state index is -0.789. The maximum absolute atomic E-state index is 12.9. The number of hydrogen-bond acceptors (Lipinski definition) is 6. The summed E-state index contributed by atoms with van der Waals surface area (Å²) >= 11 is 0. The van der Waals surface area contributed by atoms with Crippen LogP contribution in [-0.4, -0.2) is 55.5 Å². The number of ether oxygens (including phenoxy) is 3. The van der Waals surface area contributed by atoms with E-state index in [1.807, 2.05) is 90.7 Å². The van der Waals surface area contributed by atoms with Gasteiger partial charge in [0.25, 0.3) is 0 Å². The molecule has 8 heteroatoms. The molecule has 1 fully saturated rings. The highest BCUT2D eigenvalue weighted by atomic mass is 16.5. The summed E-state index contributed by atoms with van der Waals surface area (Å²) in [7, 11) is 1.32. The predicted molar refractivity (Wildman–Crippen MR) is 165 cm³/mol. The molecule has 0 spiro atoms. The Bertz CT molecular complexity index is 1350. The molecule has 0 radical (unpaired) electrons. The first kappa shape index (κ1) is 31.3. The summed E-state index contributed by atoms with van der Waals surface area (Å²) in [6.07, 6.45) is 5.45. The second-order valence-electron chi connectivity index (χ2n) is 10.6. The molecular weight excluding hydrogens is 544 g/mol. The lowest BCUT2D eigenvalue weighted by atomic mass is 9.93. The van der Waals surface area contributed by atoms with E-state index in [-0.39, 0.29) is 17.7 Å². The van der Waals surface area contributed by atoms with Gasteiger partial charge < -0.3 is 24.4 Å². The Morgan fingerprint density at radius 2 is 1.53 bits per heavy atom. The Balaban J connectivity index is 1.21. The van der Waals surface area contributed by atoms with Crippen LogP contribution >= 0.6 is 0 Å². The molecule has 3 aromatic carbocycles. The summed E-state index contributed by atoms with van der Waals surface area (Å²) < 4.78 is 16.3. The molecule has 1 aliphatic rings. The summed E-state index contributed by atoms with van der Waals surface area (Å²) in [6.45, 7) is 4.19. The number of piperidine rings is 1. The largest absolute Gasteiger partial charge is 0.494 e. The van der Waals surface area contributed by atoms with Crippen molar-refractivity contribution in [2.24, 2.45) is 5.92 Å². The zero-order chi connectivity index (χ0) is 30.4. The highest BCUT2D eigenvalue weighted by Gasteiger charge is 2.26. The smallest absolute Gasteiger partial charge is 0.328 e. The summed E-state index contributed by atoms with van der Waals surface area (Å²) in [4.78, 5) is 39.9. The van der Waals surface area contributed by atoms with E-state index in [9.17, 15) is 14.4 Å². The molecule has 226 valence electrons. The van der Waals surface area contributed by atoms with E-state index in [0.717, 1.165) is 41.0 Å². The zero-order valence-electron chi connectivity index (χ0n) is 24.9. The van der Waals surface area contributed by atoms with Crippen molar-refractivity contribution in [2.45, 2.75) is 45.3 Å². The first-order valence-electron chi connectivity index (χ1n) is 14.8. The molecule has 0 aromatic heterocycles. The standard InChI is InChI=1S/C35H40N2O6/c1-3-42-30-14-9-26(10-15-30)13-18-34(39)37-21-19-28(20-22-37)24-33(38)36-32(35(40)41-2)23-27-11-16-31(17-12-27)43-25-29-7-5-4-6-8-29/h4-18,28,32H,3,19-25H2,1-2H3,(H,36,38)/b18-13+/t32-/m0/s1. The van der Waals surface area contributed by atoms with E-state index in [2.05, 4.69) is 5.32 Å². The minimum Gasteiger partial charge on any atom is -0.494 e. The Morgan fingerprint density at radius 3 is 2.19 bits per heavy atom. The average molecular weight is 585 g/mol. The fourth-order valence-electron chi connectivity index (χ4n) is 5.02. The summed E-state index contributed by atoms with van der Waals surface area (Å²) in [5, 5.41) is 2.86. The Kier molecular flexibility index (Phi) is 11.8. The lowest BCUT2D eigenvalue weighted by molar-refractivity contribution is -0.145. The summed E-state index contributed by atoms with van der Waals surface area (Å²) in [5.41, 5.74) is 2.89. The van der Waals surface area contributed by atoms with Gasteiger partial charge in [-0.2, -0.15) is 0 Å². The highest BCUT2D eigenvalue weighted by Crippen LogP contribution is 2.22. The van der Waals surface area contributed by atoms with Crippen LogP contribution in [0.5, 0.6) is 11.5 Å². The maximum atomic E-state index is 12.9. The SMILES string of the molecule is CCOc1ccc(/C=C/C(=O)N2CCC(CC(=O)N[C@@H](Cc3ccc(OCc4ccccc4)cc3)C(=O)OC)CC2)cc1. The van der Waals surface area contributed by atoms with Crippen LogP contribution < -0.4 is 14.8 Å². The quantitative estimate of drug-likeness (QED) is 0.219. The molecule has 43 heavy (non-hydrogen) atoms. The topological polar surface area (TPSA) is 94.2 Å². The molecule has 0 unspecified atom stereocenters. The first-order valence-corrected chi connectivity index (χ1v) is 14.8. The number of hydrogen-bond donors (Lipinski definition) is 1. The van der Waals surface area contributed by atoms with Gasteiger partial charge >= 0.3 is 5.97 Å². The molecular formula is C35H40N2O6. The van der Waals surface area contributed by atoms with Crippen LogP contribution in [0.25, 0.3) is 6.08 Å². The van der Waals surface area contributed by atoms with Crippen LogP contribution in [0.2, 0.25) is 0 Å². The molecule has 0 saturated carbocycles. The monoisotopic (exact) mass is 584 g/mol. The molecule has 1 N–H and O–H groups in total. The normalized spacial score (nSPS) is 14.2. The molecule has 2 amide bonds. The fourth-order valence-corrected chi connectivity index (χ4v) is 5.02. The predicted octanol–water partition coefficient (Wildman–Crippen LogP) is 5.21. The third-order valence-corrected chi connectivity index (χ3v) is 7.44. The number of likely N-dealkylation sites (tertiary alicyclic amines) is 1. The third kappa shape index (κ3) is 10.0. The number of amides is 2. The molecule has 1 saturated heterocycles. The van der Waals surface area contributed by atoms with Crippen molar-refractivity contribution in [2.75, 3.05) is 26.8 Å². The van der Waals surface area contributed by atoms with Gasteiger partial charge in [0, 0.05) is 32.0 Å². The van der Waals surface area contributed by atoms with Gasteiger partial charge in [0.2, 0.25) is 11.8 Å². The van der Waals surface area contributed by atoms with Gasteiger partial charge in [-0.05, 0) is 72.7 Å². The van der Waals surface area contributed by atoms with Gasteiger partial charge in [-0.15, -0.1) is 0 Å². The van der Waals surface area contributed by atoms with Crippen LogP contribution in [-0.2, 0) is 32.1 Å². The van der Waals surface area contributed by atoms with Crippen LogP contribution in [0.15, 0.2) is 84.9 Å². The van der Waals surface area contributed by atoms with E-state index in [1.165, 1.54) is 7.11 Å². The fraction of sp³-hybridized carbons (Fsp3) is 0.343. The van der Waals surface area contributed by atoms with Crippen molar-refractivity contribution in [1.82, 2.24) is 10.2 Å². The van der Waals surface area contributed by atoms with Crippen LogP contribution in [0.1, 0.15) is 42.9 Å². The van der Waals surface area contributed by atoms with Crippen molar-refractivity contribution in [3.8, 4) is 11.5 Å². The van der Waals surface area contributed by atoms with Crippen molar-refractivity contribution in [3.63, 3.8) is 0 Å². The van der Waals surface area contributed by atoms with Crippen molar-refractivity contribution >= 4 is 23.9 Å². The average Bonchev–Trinajstić information content (AvgIpc) is 3.04. The van der Waals surface area contributed by atoms with Gasteiger partial charge in [-0.25, -0.2) is 4.79 Å². The summed E-state index contributed by atoms with van der Waals surface area (Å²) in [6, 6.07) is 24.2. The summed E-state index contributed by atoms with van der Waals surface area (Å²) in [5.74, 6) is 0.935. The number of esters is 1. The molecule has 1 heterocycles. The highest BCUT2D eigenvalue weighted by molar-refractivity contribution is 5.92. The van der Waals surface area contributed by atoms with Gasteiger partial charge in [-0.1, -0.05) is 54.6 Å². The molecule has 0 bridgehead atoms. The number of methoxy groups -OCH3 is 1. The van der Waals surface area contributed by atoms with E-state index in [4.69, 9.17) is 14.2 Å². The molecule has 1 aliphatic heterocycles. The number of nitrogens with zero attached hydrogens (tertiary/aromatic N) is 1. The number of carbonyl (C=O) groups is 3. The van der Waals surface area contributed by atoms with Crippen molar-refractivity contribution in [1.29, 1.82) is 0 Å². The van der Waals surface area contributed by atoms with Crippen LogP contribution in [0.4, 0.5) is 0 Å². The van der Waals surface area contributed by atoms with Crippen molar-refractivity contribution in [3.05, 3.63) is 102 Å². The molecule has 3 aromatic rings. The second kappa shape index (κ2) is 16.2. The third-order valence-electron chi connectivity index (χ3n) is 7.44. The molecule has 1 atom stereocenters. The zero-order valence-corrected chi connectivity index (χ0v) is 24.9. The van der Waals surface area contributed by atoms with Gasteiger partial charge in [-0.3, -0.25) is 9.59 Å². The lowest BCUT2D eigenvalue weighted by Gasteiger charge is -2.31. The Morgan fingerprint density at radius 1 is 0.884 bits per heavy atom. The van der Waals surface area contributed by atoms with E-state index in [1.54, 1.807) is 12.2 Å². The van der Waals surface area contributed by atoms with Crippen LogP contribution in [0.3, 0.4) is 0 Å². The van der Waals surface area contributed by atoms with Gasteiger partial charge in [0.1, 0.15) is 24.1 Å². The van der Waals surface area contributed by atoms with Crippen LogP contribution in [0, 0.1) is 5.92 Å². The number of rotatable bonds is 13. The van der Waals surface area contributed by atoms with E-state index in [0.29, 0.717) is 39.1 Å². The van der Waals surface area contributed by atoms with Crippen molar-refractivity contribution < 1.29 is 28.6 Å². The number of benzene rings is 3. The van der Waals surface area contributed by atoms with Gasteiger partial charge in [0.05, 0.1) is 13.7 Å². The van der Waals surface area contributed by atoms with E-state index < -0.39 is 12.0 Å². The maximum Gasteiger partial charge on any atom is 0.328 e. The number of carbonyl (C=O) groups excluding carboxylic acids is 3. The minimum absolute atomic E-state index is 0.0426.